The zero-order valence-corrected chi connectivity index (χ0v) is 15.6. The summed E-state index contributed by atoms with van der Waals surface area (Å²) in [5, 5.41) is 7.37. The summed E-state index contributed by atoms with van der Waals surface area (Å²) in [5.74, 6) is 0.166. The molecule has 1 amide bonds. The van der Waals surface area contributed by atoms with Gasteiger partial charge in [0.1, 0.15) is 11.4 Å². The Morgan fingerprint density at radius 1 is 1.30 bits per heavy atom. The van der Waals surface area contributed by atoms with Crippen molar-refractivity contribution < 1.29 is 4.79 Å². The van der Waals surface area contributed by atoms with Crippen LogP contribution in [0.1, 0.15) is 30.6 Å². The number of carbonyl (C=O) groups excluding carboxylic acids is 1. The van der Waals surface area contributed by atoms with Crippen LogP contribution in [0.2, 0.25) is 0 Å². The molecule has 3 aromatic rings. The Balaban J connectivity index is 1.95. The molecule has 0 aliphatic carbocycles. The molecular formula is C19H25N7O. The van der Waals surface area contributed by atoms with E-state index >= 15 is 0 Å². The lowest BCUT2D eigenvalue weighted by atomic mass is 10.2. The van der Waals surface area contributed by atoms with Gasteiger partial charge in [0.05, 0.1) is 5.52 Å². The lowest BCUT2D eigenvalue weighted by Gasteiger charge is -2.14. The number of aromatic nitrogens is 3. The fourth-order valence-corrected chi connectivity index (χ4v) is 2.85. The molecule has 1 aromatic carbocycles. The third kappa shape index (κ3) is 4.01. The van der Waals surface area contributed by atoms with Gasteiger partial charge in [-0.3, -0.25) is 4.79 Å². The molecule has 0 radical (unpaired) electrons. The number of amides is 1. The summed E-state index contributed by atoms with van der Waals surface area (Å²) in [6, 6.07) is 7.99. The minimum absolute atomic E-state index is 0.00313. The van der Waals surface area contributed by atoms with Crippen molar-refractivity contribution >= 4 is 34.3 Å². The maximum Gasteiger partial charge on any atom is 0.254 e. The zero-order chi connectivity index (χ0) is 19.4. The first-order valence-corrected chi connectivity index (χ1v) is 9.04. The summed E-state index contributed by atoms with van der Waals surface area (Å²) in [6.45, 7) is 5.52. The van der Waals surface area contributed by atoms with E-state index in [-0.39, 0.29) is 11.6 Å². The highest BCUT2D eigenvalue weighted by molar-refractivity contribution is 6.00. The Morgan fingerprint density at radius 3 is 2.81 bits per heavy atom. The van der Waals surface area contributed by atoms with Gasteiger partial charge >= 0.3 is 0 Å². The molecule has 0 aliphatic rings. The minimum atomic E-state index is -0.590. The first kappa shape index (κ1) is 18.7. The smallest absolute Gasteiger partial charge is 0.254 e. The summed E-state index contributed by atoms with van der Waals surface area (Å²) in [7, 11) is 0. The number of carbonyl (C=O) groups is 1. The second kappa shape index (κ2) is 8.05. The Bertz CT molecular complexity index is 950. The standard InChI is InChI=1S/C19H25N7O/c1-3-12(20)10-22-19-23-11-14(17(21)27)18(25-19)24-15-6-5-7-16-13(15)8-9-26(16)4-2/h5-9,11-12H,3-4,10,20H2,1-2H3,(H2,21,27)(H2,22,23,24,25). The molecular weight excluding hydrogens is 342 g/mol. The van der Waals surface area contributed by atoms with Crippen LogP contribution < -0.4 is 22.1 Å². The van der Waals surface area contributed by atoms with E-state index in [0.717, 1.165) is 29.6 Å². The minimum Gasteiger partial charge on any atom is -0.365 e. The summed E-state index contributed by atoms with van der Waals surface area (Å²) in [4.78, 5) is 20.4. The maximum atomic E-state index is 11.8. The number of aryl methyl sites for hydroxylation is 1. The Morgan fingerprint density at radius 2 is 2.11 bits per heavy atom. The first-order chi connectivity index (χ1) is 13.0. The van der Waals surface area contributed by atoms with Crippen LogP contribution in [0.5, 0.6) is 0 Å². The molecule has 0 aliphatic heterocycles. The van der Waals surface area contributed by atoms with E-state index in [9.17, 15) is 4.79 Å². The van der Waals surface area contributed by atoms with Gasteiger partial charge < -0.3 is 26.7 Å². The third-order valence-corrected chi connectivity index (χ3v) is 4.51. The number of benzene rings is 1. The molecule has 2 heterocycles. The predicted octanol–water partition coefficient (Wildman–Crippen LogP) is 2.44. The average Bonchev–Trinajstić information content (AvgIpc) is 3.10. The molecule has 0 spiro atoms. The van der Waals surface area contributed by atoms with Crippen molar-refractivity contribution in [2.75, 3.05) is 17.2 Å². The molecule has 2 aromatic heterocycles. The van der Waals surface area contributed by atoms with Gasteiger partial charge in [-0.1, -0.05) is 13.0 Å². The fourth-order valence-electron chi connectivity index (χ4n) is 2.85. The van der Waals surface area contributed by atoms with Gasteiger partial charge in [-0.25, -0.2) is 4.98 Å². The predicted molar refractivity (Wildman–Crippen MR) is 108 cm³/mol. The maximum absolute atomic E-state index is 11.8. The van der Waals surface area contributed by atoms with Crippen LogP contribution >= 0.6 is 0 Å². The monoisotopic (exact) mass is 367 g/mol. The van der Waals surface area contributed by atoms with E-state index < -0.39 is 5.91 Å². The lowest BCUT2D eigenvalue weighted by Crippen LogP contribution is -2.28. The number of primary amides is 1. The largest absolute Gasteiger partial charge is 0.365 e. The average molecular weight is 367 g/mol. The fraction of sp³-hybridized carbons (Fsp3) is 0.316. The van der Waals surface area contributed by atoms with Gasteiger partial charge in [0.25, 0.3) is 5.91 Å². The Kier molecular flexibility index (Phi) is 5.56. The van der Waals surface area contributed by atoms with Gasteiger partial charge in [0, 0.05) is 42.6 Å². The van der Waals surface area contributed by atoms with Crippen molar-refractivity contribution in [2.24, 2.45) is 11.5 Å². The molecule has 0 bridgehead atoms. The summed E-state index contributed by atoms with van der Waals surface area (Å²) >= 11 is 0. The van der Waals surface area contributed by atoms with Crippen LogP contribution in [-0.4, -0.2) is 33.0 Å². The Labute approximate surface area is 158 Å². The number of rotatable bonds is 8. The van der Waals surface area contributed by atoms with E-state index in [2.05, 4.69) is 38.2 Å². The molecule has 8 heteroatoms. The molecule has 142 valence electrons. The summed E-state index contributed by atoms with van der Waals surface area (Å²) < 4.78 is 2.15. The molecule has 0 fully saturated rings. The highest BCUT2D eigenvalue weighted by Crippen LogP contribution is 2.28. The lowest BCUT2D eigenvalue weighted by molar-refractivity contribution is 0.100. The topological polar surface area (TPSA) is 124 Å². The normalized spacial score (nSPS) is 12.1. The first-order valence-electron chi connectivity index (χ1n) is 9.04. The van der Waals surface area contributed by atoms with Crippen LogP contribution in [-0.2, 0) is 6.54 Å². The second-order valence-corrected chi connectivity index (χ2v) is 6.33. The number of anilines is 3. The molecule has 0 saturated heterocycles. The van der Waals surface area contributed by atoms with E-state index in [0.29, 0.717) is 18.3 Å². The Hall–Kier alpha value is -3.13. The number of nitrogens with two attached hydrogens (primary N) is 2. The molecule has 3 rings (SSSR count). The summed E-state index contributed by atoms with van der Waals surface area (Å²) in [6.07, 6.45) is 4.30. The van der Waals surface area contributed by atoms with Crippen LogP contribution in [0, 0.1) is 0 Å². The van der Waals surface area contributed by atoms with E-state index in [1.54, 1.807) is 0 Å². The van der Waals surface area contributed by atoms with Crippen LogP contribution in [0.25, 0.3) is 10.9 Å². The van der Waals surface area contributed by atoms with Crippen molar-refractivity contribution in [3.05, 3.63) is 42.2 Å². The highest BCUT2D eigenvalue weighted by Gasteiger charge is 2.14. The van der Waals surface area contributed by atoms with Crippen LogP contribution in [0.15, 0.2) is 36.7 Å². The molecule has 6 N–H and O–H groups in total. The molecule has 1 atom stereocenters. The number of hydrogen-bond donors (Lipinski definition) is 4. The van der Waals surface area contributed by atoms with Crippen molar-refractivity contribution in [3.8, 4) is 0 Å². The number of nitrogens with zero attached hydrogens (tertiary/aromatic N) is 3. The van der Waals surface area contributed by atoms with E-state index in [1.165, 1.54) is 6.20 Å². The van der Waals surface area contributed by atoms with Crippen molar-refractivity contribution in [1.82, 2.24) is 14.5 Å². The van der Waals surface area contributed by atoms with Gasteiger partial charge in [0.15, 0.2) is 0 Å². The molecule has 8 nitrogen and oxygen atoms in total. The molecule has 1 unspecified atom stereocenters. The van der Waals surface area contributed by atoms with Crippen LogP contribution in [0.3, 0.4) is 0 Å². The van der Waals surface area contributed by atoms with Gasteiger partial charge in [-0.05, 0) is 31.5 Å². The number of hydrogen-bond acceptors (Lipinski definition) is 6. The van der Waals surface area contributed by atoms with Gasteiger partial charge in [-0.2, -0.15) is 4.98 Å². The summed E-state index contributed by atoms with van der Waals surface area (Å²) in [5.41, 5.74) is 13.6. The number of fused-ring (bicyclic) bond motifs is 1. The molecule has 0 saturated carbocycles. The van der Waals surface area contributed by atoms with Gasteiger partial charge in [-0.15, -0.1) is 0 Å². The van der Waals surface area contributed by atoms with Crippen molar-refractivity contribution in [1.29, 1.82) is 0 Å². The quantitative estimate of drug-likeness (QED) is 0.485. The van der Waals surface area contributed by atoms with Crippen LogP contribution in [0.4, 0.5) is 17.5 Å². The van der Waals surface area contributed by atoms with Crippen molar-refractivity contribution in [3.63, 3.8) is 0 Å². The van der Waals surface area contributed by atoms with Crippen molar-refractivity contribution in [2.45, 2.75) is 32.9 Å². The molecule has 27 heavy (non-hydrogen) atoms. The van der Waals surface area contributed by atoms with E-state index in [4.69, 9.17) is 11.5 Å². The zero-order valence-electron chi connectivity index (χ0n) is 15.6. The number of nitrogens with one attached hydrogen (secondary N) is 2. The highest BCUT2D eigenvalue weighted by atomic mass is 16.1. The van der Waals surface area contributed by atoms with Gasteiger partial charge in [0.2, 0.25) is 5.95 Å². The third-order valence-electron chi connectivity index (χ3n) is 4.51. The SMILES string of the molecule is CCC(N)CNc1ncc(C(N)=O)c(Nc2cccc3c2ccn3CC)n1. The second-order valence-electron chi connectivity index (χ2n) is 6.33. The van der Waals surface area contributed by atoms with E-state index in [1.807, 2.05) is 31.3 Å².